The minimum atomic E-state index is 0.388. The van der Waals surface area contributed by atoms with Crippen LogP contribution in [-0.2, 0) is 0 Å². The summed E-state index contributed by atoms with van der Waals surface area (Å²) in [7, 11) is 0. The predicted molar refractivity (Wildman–Crippen MR) is 90.8 cm³/mol. The molecule has 4 rings (SSSR count). The monoisotopic (exact) mass is 341 g/mol. The molecule has 122 valence electrons. The van der Waals surface area contributed by atoms with Gasteiger partial charge < -0.3 is 9.26 Å². The first-order chi connectivity index (χ1) is 11.8. The smallest absolute Gasteiger partial charge is 0.263 e. The summed E-state index contributed by atoms with van der Waals surface area (Å²) in [6, 6.07) is 11.0. The Labute approximate surface area is 144 Å². The topological polar surface area (TPSA) is 61.0 Å². The van der Waals surface area contributed by atoms with Gasteiger partial charge in [-0.2, -0.15) is 4.98 Å². The minimum absolute atomic E-state index is 0.388. The van der Waals surface area contributed by atoms with Gasteiger partial charge in [-0.1, -0.05) is 41.7 Å². The van der Waals surface area contributed by atoms with Crippen molar-refractivity contribution in [1.29, 1.82) is 0 Å². The van der Waals surface area contributed by atoms with Crippen molar-refractivity contribution in [2.45, 2.75) is 19.3 Å². The van der Waals surface area contributed by atoms with Crippen LogP contribution in [0.5, 0.6) is 5.88 Å². The maximum atomic E-state index is 6.02. The van der Waals surface area contributed by atoms with Crippen LogP contribution in [0.3, 0.4) is 0 Å². The van der Waals surface area contributed by atoms with E-state index in [-0.39, 0.29) is 0 Å². The molecule has 0 aliphatic heterocycles. The summed E-state index contributed by atoms with van der Waals surface area (Å²) in [4.78, 5) is 8.75. The fourth-order valence-corrected chi connectivity index (χ4v) is 2.67. The summed E-state index contributed by atoms with van der Waals surface area (Å²) in [6.45, 7) is 0.657. The lowest BCUT2D eigenvalue weighted by atomic mass is 10.2. The van der Waals surface area contributed by atoms with Gasteiger partial charge in [-0.05, 0) is 36.6 Å². The summed E-state index contributed by atoms with van der Waals surface area (Å²) in [5, 5.41) is 4.66. The van der Waals surface area contributed by atoms with Crippen LogP contribution < -0.4 is 4.74 Å². The third-order valence-corrected chi connectivity index (χ3v) is 4.21. The van der Waals surface area contributed by atoms with Crippen LogP contribution in [-0.4, -0.2) is 21.7 Å². The van der Waals surface area contributed by atoms with E-state index in [1.807, 2.05) is 24.3 Å². The van der Waals surface area contributed by atoms with Crippen LogP contribution in [0, 0.1) is 5.92 Å². The standard InChI is InChI=1S/C18H16ClN3O2/c19-14-4-1-3-13(11-14)16-21-18(24-22-16)15-5-2-9-20-17(15)23-10-8-12-6-7-12/h1-5,9,11-12H,6-8,10H2. The molecule has 1 fully saturated rings. The lowest BCUT2D eigenvalue weighted by Gasteiger charge is -2.07. The van der Waals surface area contributed by atoms with Crippen molar-refractivity contribution in [3.63, 3.8) is 0 Å². The van der Waals surface area contributed by atoms with E-state index in [0.717, 1.165) is 17.9 Å². The minimum Gasteiger partial charge on any atom is -0.477 e. The SMILES string of the molecule is Clc1cccc(-c2noc(-c3cccnc3OCCC3CC3)n2)c1. The van der Waals surface area contributed by atoms with Gasteiger partial charge >= 0.3 is 0 Å². The first-order valence-corrected chi connectivity index (χ1v) is 8.35. The molecule has 1 aliphatic carbocycles. The van der Waals surface area contributed by atoms with E-state index in [4.69, 9.17) is 20.9 Å². The van der Waals surface area contributed by atoms with Crippen molar-refractivity contribution in [2.75, 3.05) is 6.61 Å². The van der Waals surface area contributed by atoms with E-state index in [9.17, 15) is 0 Å². The molecule has 24 heavy (non-hydrogen) atoms. The van der Waals surface area contributed by atoms with Crippen LogP contribution in [0.15, 0.2) is 47.1 Å². The fraction of sp³-hybridized carbons (Fsp3) is 0.278. The molecule has 0 spiro atoms. The quantitative estimate of drug-likeness (QED) is 0.654. The third-order valence-electron chi connectivity index (χ3n) is 3.97. The van der Waals surface area contributed by atoms with Crippen molar-refractivity contribution in [1.82, 2.24) is 15.1 Å². The molecule has 1 saturated carbocycles. The summed E-state index contributed by atoms with van der Waals surface area (Å²) < 4.78 is 11.2. The van der Waals surface area contributed by atoms with Crippen molar-refractivity contribution in [2.24, 2.45) is 5.92 Å². The van der Waals surface area contributed by atoms with E-state index < -0.39 is 0 Å². The average Bonchev–Trinajstić information content (AvgIpc) is 3.29. The van der Waals surface area contributed by atoms with Crippen molar-refractivity contribution < 1.29 is 9.26 Å². The van der Waals surface area contributed by atoms with Gasteiger partial charge in [-0.25, -0.2) is 4.98 Å². The number of ether oxygens (including phenoxy) is 1. The zero-order valence-electron chi connectivity index (χ0n) is 13.0. The Morgan fingerprint density at radius 1 is 1.21 bits per heavy atom. The summed E-state index contributed by atoms with van der Waals surface area (Å²) in [6.07, 6.45) is 5.38. The van der Waals surface area contributed by atoms with Gasteiger partial charge in [0, 0.05) is 16.8 Å². The molecular weight excluding hydrogens is 326 g/mol. The Kier molecular flexibility index (Phi) is 4.17. The molecule has 2 aromatic heterocycles. The number of hydrogen-bond donors (Lipinski definition) is 0. The van der Waals surface area contributed by atoms with E-state index in [1.54, 1.807) is 18.3 Å². The molecule has 0 unspecified atom stereocenters. The molecular formula is C18H16ClN3O2. The molecule has 0 N–H and O–H groups in total. The van der Waals surface area contributed by atoms with Gasteiger partial charge in [0.1, 0.15) is 5.56 Å². The zero-order chi connectivity index (χ0) is 16.4. The molecule has 0 saturated heterocycles. The number of benzene rings is 1. The molecule has 6 heteroatoms. The molecule has 1 aromatic carbocycles. The number of aromatic nitrogens is 3. The van der Waals surface area contributed by atoms with Gasteiger partial charge in [-0.15, -0.1) is 0 Å². The van der Waals surface area contributed by atoms with Gasteiger partial charge in [0.05, 0.1) is 6.61 Å². The maximum absolute atomic E-state index is 6.02. The highest BCUT2D eigenvalue weighted by atomic mass is 35.5. The van der Waals surface area contributed by atoms with Gasteiger partial charge in [0.15, 0.2) is 0 Å². The second-order valence-electron chi connectivity index (χ2n) is 5.87. The van der Waals surface area contributed by atoms with Gasteiger partial charge in [0.25, 0.3) is 5.89 Å². The summed E-state index contributed by atoms with van der Waals surface area (Å²) in [5.41, 5.74) is 1.51. The Morgan fingerprint density at radius 3 is 2.96 bits per heavy atom. The molecule has 0 bridgehead atoms. The van der Waals surface area contributed by atoms with Crippen LogP contribution in [0.25, 0.3) is 22.8 Å². The molecule has 1 aliphatic rings. The molecule has 2 heterocycles. The highest BCUT2D eigenvalue weighted by molar-refractivity contribution is 6.30. The molecule has 3 aromatic rings. The summed E-state index contributed by atoms with van der Waals surface area (Å²) in [5.74, 6) is 2.22. The Morgan fingerprint density at radius 2 is 2.12 bits per heavy atom. The summed E-state index contributed by atoms with van der Waals surface area (Å²) >= 11 is 6.02. The van der Waals surface area contributed by atoms with Crippen LogP contribution in [0.1, 0.15) is 19.3 Å². The van der Waals surface area contributed by atoms with Gasteiger partial charge in [0.2, 0.25) is 11.7 Å². The Bertz CT molecular complexity index is 846. The molecule has 0 radical (unpaired) electrons. The fourth-order valence-electron chi connectivity index (χ4n) is 2.48. The Balaban J connectivity index is 1.57. The second-order valence-corrected chi connectivity index (χ2v) is 6.31. The van der Waals surface area contributed by atoms with E-state index >= 15 is 0 Å². The zero-order valence-corrected chi connectivity index (χ0v) is 13.7. The molecule has 5 nitrogen and oxygen atoms in total. The second kappa shape index (κ2) is 6.61. The first kappa shape index (κ1) is 15.1. The normalized spacial score (nSPS) is 13.9. The third kappa shape index (κ3) is 3.41. The largest absolute Gasteiger partial charge is 0.477 e. The highest BCUT2D eigenvalue weighted by Crippen LogP contribution is 2.33. The van der Waals surface area contributed by atoms with Crippen LogP contribution >= 0.6 is 11.6 Å². The Hall–Kier alpha value is -2.40. The molecule has 0 atom stereocenters. The molecule has 0 amide bonds. The van der Waals surface area contributed by atoms with Crippen molar-refractivity contribution >= 4 is 11.6 Å². The van der Waals surface area contributed by atoms with Gasteiger partial charge in [-0.3, -0.25) is 0 Å². The maximum Gasteiger partial charge on any atom is 0.263 e. The average molecular weight is 342 g/mol. The van der Waals surface area contributed by atoms with E-state index in [0.29, 0.717) is 34.8 Å². The van der Waals surface area contributed by atoms with Crippen LogP contribution in [0.2, 0.25) is 5.02 Å². The first-order valence-electron chi connectivity index (χ1n) is 7.97. The number of hydrogen-bond acceptors (Lipinski definition) is 5. The van der Waals surface area contributed by atoms with Crippen molar-refractivity contribution in [3.05, 3.63) is 47.6 Å². The lowest BCUT2D eigenvalue weighted by Crippen LogP contribution is -2.01. The number of rotatable bonds is 6. The highest BCUT2D eigenvalue weighted by Gasteiger charge is 2.21. The number of nitrogens with zero attached hydrogens (tertiary/aromatic N) is 3. The number of pyridine rings is 1. The lowest BCUT2D eigenvalue weighted by molar-refractivity contribution is 0.291. The van der Waals surface area contributed by atoms with Crippen molar-refractivity contribution in [3.8, 4) is 28.7 Å². The van der Waals surface area contributed by atoms with E-state index in [1.165, 1.54) is 12.8 Å². The van der Waals surface area contributed by atoms with E-state index in [2.05, 4.69) is 15.1 Å². The number of halogens is 1. The van der Waals surface area contributed by atoms with Crippen LogP contribution in [0.4, 0.5) is 0 Å². The predicted octanol–water partition coefficient (Wildman–Crippen LogP) is 4.63.